The van der Waals surface area contributed by atoms with Crippen molar-refractivity contribution in [3.05, 3.63) is 59.7 Å². The van der Waals surface area contributed by atoms with Crippen molar-refractivity contribution in [1.82, 2.24) is 4.31 Å². The Morgan fingerprint density at radius 3 is 1.93 bits per heavy atom. The largest absolute Gasteiger partial charge is 0.395 e. The molecule has 0 amide bonds. The van der Waals surface area contributed by atoms with Gasteiger partial charge in [-0.15, -0.1) is 0 Å². The van der Waals surface area contributed by atoms with Crippen molar-refractivity contribution in [2.45, 2.75) is 42.2 Å². The van der Waals surface area contributed by atoms with Crippen LogP contribution in [0.5, 0.6) is 0 Å². The fourth-order valence-corrected chi connectivity index (χ4v) is 5.90. The van der Waals surface area contributed by atoms with E-state index < -0.39 is 38.9 Å². The SMILES string of the molecule is Cc1ccc(S(=O)(=O)O[C@H]2C[C@H](CO)N(S(=O)(=O)c3ccc(C)cc3)C2)cc1. The molecule has 3 rings (SSSR count). The van der Waals surface area contributed by atoms with Crippen LogP contribution in [-0.2, 0) is 24.3 Å². The lowest BCUT2D eigenvalue weighted by Gasteiger charge is -2.22. The maximum atomic E-state index is 12.9. The topological polar surface area (TPSA) is 101 Å². The van der Waals surface area contributed by atoms with E-state index in [0.717, 1.165) is 15.4 Å². The Morgan fingerprint density at radius 2 is 1.43 bits per heavy atom. The summed E-state index contributed by atoms with van der Waals surface area (Å²) in [5.41, 5.74) is 1.83. The van der Waals surface area contributed by atoms with E-state index in [9.17, 15) is 21.9 Å². The fourth-order valence-electron chi connectivity index (χ4n) is 3.16. The van der Waals surface area contributed by atoms with Gasteiger partial charge in [0.2, 0.25) is 10.0 Å². The van der Waals surface area contributed by atoms with E-state index in [-0.39, 0.29) is 22.8 Å². The standard InChI is InChI=1S/C19H23NO6S2/c1-14-3-7-18(8-4-14)27(22,23)20-12-17(11-16(20)13-21)26-28(24,25)19-9-5-15(2)6-10-19/h3-10,16-17,21H,11-13H2,1-2H3/t16-,17+/m1/s1. The van der Waals surface area contributed by atoms with Gasteiger partial charge in [0, 0.05) is 6.54 Å². The number of aryl methyl sites for hydroxylation is 2. The second-order valence-corrected chi connectivity index (χ2v) is 10.4. The van der Waals surface area contributed by atoms with E-state index in [4.69, 9.17) is 4.18 Å². The summed E-state index contributed by atoms with van der Waals surface area (Å²) in [5, 5.41) is 9.64. The summed E-state index contributed by atoms with van der Waals surface area (Å²) >= 11 is 0. The van der Waals surface area contributed by atoms with E-state index in [2.05, 4.69) is 0 Å². The lowest BCUT2D eigenvalue weighted by atomic mass is 10.2. The summed E-state index contributed by atoms with van der Waals surface area (Å²) in [5.74, 6) is 0. The molecule has 1 heterocycles. The number of aliphatic hydroxyl groups is 1. The number of sulfonamides is 1. The van der Waals surface area contributed by atoms with E-state index in [1.165, 1.54) is 24.3 Å². The number of hydrogen-bond acceptors (Lipinski definition) is 6. The van der Waals surface area contributed by atoms with Gasteiger partial charge in [-0.3, -0.25) is 4.18 Å². The summed E-state index contributed by atoms with van der Waals surface area (Å²) in [6.07, 6.45) is -0.782. The van der Waals surface area contributed by atoms with Crippen LogP contribution in [0.25, 0.3) is 0 Å². The van der Waals surface area contributed by atoms with Crippen molar-refractivity contribution < 1.29 is 26.1 Å². The molecule has 0 unspecified atom stereocenters. The molecule has 28 heavy (non-hydrogen) atoms. The summed E-state index contributed by atoms with van der Waals surface area (Å²) in [6.45, 7) is 3.12. The molecule has 2 aromatic rings. The molecule has 9 heteroatoms. The summed E-state index contributed by atoms with van der Waals surface area (Å²) in [7, 11) is -7.91. The van der Waals surface area contributed by atoms with Crippen LogP contribution in [0.4, 0.5) is 0 Å². The maximum absolute atomic E-state index is 12.9. The molecule has 152 valence electrons. The third-order valence-electron chi connectivity index (χ3n) is 4.74. The first-order valence-corrected chi connectivity index (χ1v) is 11.7. The zero-order valence-corrected chi connectivity index (χ0v) is 17.3. The Labute approximate surface area is 165 Å². The molecule has 0 spiro atoms. The van der Waals surface area contributed by atoms with Gasteiger partial charge in [0.1, 0.15) is 0 Å². The molecule has 1 N–H and O–H groups in total. The van der Waals surface area contributed by atoms with Crippen molar-refractivity contribution in [2.75, 3.05) is 13.2 Å². The van der Waals surface area contributed by atoms with Crippen LogP contribution in [-0.4, -0.2) is 51.5 Å². The minimum atomic E-state index is -4.03. The van der Waals surface area contributed by atoms with Gasteiger partial charge in [-0.2, -0.15) is 12.7 Å². The van der Waals surface area contributed by atoms with E-state index in [0.29, 0.717) is 0 Å². The highest BCUT2D eigenvalue weighted by Gasteiger charge is 2.42. The van der Waals surface area contributed by atoms with Crippen LogP contribution < -0.4 is 0 Å². The minimum absolute atomic E-state index is 0.0125. The van der Waals surface area contributed by atoms with Gasteiger partial charge in [0.05, 0.1) is 28.5 Å². The van der Waals surface area contributed by atoms with Gasteiger partial charge < -0.3 is 5.11 Å². The molecule has 0 aromatic heterocycles. The van der Waals surface area contributed by atoms with Gasteiger partial charge in [-0.05, 0) is 44.5 Å². The Kier molecular flexibility index (Phi) is 5.92. The molecule has 1 fully saturated rings. The highest BCUT2D eigenvalue weighted by Crippen LogP contribution is 2.29. The number of aliphatic hydroxyl groups excluding tert-OH is 1. The minimum Gasteiger partial charge on any atom is -0.395 e. The van der Waals surface area contributed by atoms with Gasteiger partial charge in [0.15, 0.2) is 0 Å². The third-order valence-corrected chi connectivity index (χ3v) is 8.04. The Bertz CT molecular complexity index is 1030. The second-order valence-electron chi connectivity index (χ2n) is 6.95. The third kappa shape index (κ3) is 4.28. The Balaban J connectivity index is 1.81. The molecule has 0 saturated carbocycles. The number of hydrogen-bond donors (Lipinski definition) is 1. The molecule has 1 aliphatic heterocycles. The maximum Gasteiger partial charge on any atom is 0.297 e. The van der Waals surface area contributed by atoms with Gasteiger partial charge >= 0.3 is 0 Å². The van der Waals surface area contributed by atoms with Gasteiger partial charge in [0.25, 0.3) is 10.1 Å². The second kappa shape index (κ2) is 7.92. The number of nitrogens with zero attached hydrogens (tertiary/aromatic N) is 1. The molecule has 0 radical (unpaired) electrons. The molecule has 7 nitrogen and oxygen atoms in total. The molecule has 1 aliphatic rings. The highest BCUT2D eigenvalue weighted by molar-refractivity contribution is 7.89. The quantitative estimate of drug-likeness (QED) is 0.709. The molecule has 2 atom stereocenters. The van der Waals surface area contributed by atoms with Crippen molar-refractivity contribution in [3.63, 3.8) is 0 Å². The van der Waals surface area contributed by atoms with Gasteiger partial charge in [-0.25, -0.2) is 8.42 Å². The fraction of sp³-hybridized carbons (Fsp3) is 0.368. The summed E-state index contributed by atoms with van der Waals surface area (Å²) < 4.78 is 57.3. The first-order valence-electron chi connectivity index (χ1n) is 8.83. The summed E-state index contributed by atoms with van der Waals surface area (Å²) in [4.78, 5) is 0.108. The molecular formula is C19H23NO6S2. The Hall–Kier alpha value is -1.78. The monoisotopic (exact) mass is 425 g/mol. The van der Waals surface area contributed by atoms with Crippen LogP contribution in [0.2, 0.25) is 0 Å². The van der Waals surface area contributed by atoms with E-state index in [1.54, 1.807) is 24.3 Å². The van der Waals surface area contributed by atoms with Crippen LogP contribution in [0, 0.1) is 13.8 Å². The zero-order chi connectivity index (χ0) is 20.5. The van der Waals surface area contributed by atoms with Crippen LogP contribution in [0.15, 0.2) is 58.3 Å². The van der Waals surface area contributed by atoms with E-state index >= 15 is 0 Å². The molecular weight excluding hydrogens is 402 g/mol. The van der Waals surface area contributed by atoms with Crippen LogP contribution in [0.1, 0.15) is 17.5 Å². The molecule has 0 aliphatic carbocycles. The number of benzene rings is 2. The first-order chi connectivity index (χ1) is 13.1. The average Bonchev–Trinajstić information content (AvgIpc) is 3.05. The molecule has 1 saturated heterocycles. The van der Waals surface area contributed by atoms with Crippen LogP contribution in [0.3, 0.4) is 0 Å². The lowest BCUT2D eigenvalue weighted by Crippen LogP contribution is -2.38. The normalized spacial score (nSPS) is 21.1. The van der Waals surface area contributed by atoms with Crippen molar-refractivity contribution in [3.8, 4) is 0 Å². The Morgan fingerprint density at radius 1 is 0.929 bits per heavy atom. The summed E-state index contributed by atoms with van der Waals surface area (Å²) in [6, 6.07) is 11.8. The first kappa shape index (κ1) is 20.9. The predicted molar refractivity (Wildman–Crippen MR) is 104 cm³/mol. The lowest BCUT2D eigenvalue weighted by molar-refractivity contribution is 0.207. The highest BCUT2D eigenvalue weighted by atomic mass is 32.2. The zero-order valence-electron chi connectivity index (χ0n) is 15.6. The van der Waals surface area contributed by atoms with Gasteiger partial charge in [-0.1, -0.05) is 35.4 Å². The smallest absolute Gasteiger partial charge is 0.297 e. The van der Waals surface area contributed by atoms with Crippen LogP contribution >= 0.6 is 0 Å². The van der Waals surface area contributed by atoms with E-state index in [1.807, 2.05) is 13.8 Å². The van der Waals surface area contributed by atoms with Crippen molar-refractivity contribution in [1.29, 1.82) is 0 Å². The number of rotatable bonds is 6. The molecule has 2 aromatic carbocycles. The predicted octanol–water partition coefficient (Wildman–Crippen LogP) is 1.83. The van der Waals surface area contributed by atoms with Crippen molar-refractivity contribution >= 4 is 20.1 Å². The molecule has 0 bridgehead atoms. The average molecular weight is 426 g/mol. The van der Waals surface area contributed by atoms with Crippen molar-refractivity contribution in [2.24, 2.45) is 0 Å².